The van der Waals surface area contributed by atoms with Gasteiger partial charge in [0.15, 0.2) is 0 Å². The SMILES string of the molecule is O=C(NCc1cccnc1)[C@H]1CN(CC2CC2)C[C@]2(CCN(C(=O)C3CCC3)C2)O1. The maximum Gasteiger partial charge on any atom is 0.250 e. The van der Waals surface area contributed by atoms with Crippen molar-refractivity contribution in [2.75, 3.05) is 32.7 Å². The fourth-order valence-corrected chi connectivity index (χ4v) is 5.00. The van der Waals surface area contributed by atoms with Crippen molar-refractivity contribution in [3.05, 3.63) is 30.1 Å². The van der Waals surface area contributed by atoms with Gasteiger partial charge in [-0.2, -0.15) is 0 Å². The Morgan fingerprint density at radius 2 is 2.10 bits per heavy atom. The first kappa shape index (κ1) is 19.9. The Hall–Kier alpha value is -1.99. The summed E-state index contributed by atoms with van der Waals surface area (Å²) in [6.45, 7) is 4.31. The van der Waals surface area contributed by atoms with Gasteiger partial charge in [0.2, 0.25) is 5.91 Å². The molecule has 2 aliphatic carbocycles. The van der Waals surface area contributed by atoms with Crippen LogP contribution in [0, 0.1) is 11.8 Å². The van der Waals surface area contributed by atoms with E-state index in [2.05, 4.69) is 15.2 Å². The van der Waals surface area contributed by atoms with Crippen LogP contribution >= 0.6 is 0 Å². The molecule has 2 saturated heterocycles. The molecule has 1 spiro atoms. The monoisotopic (exact) mass is 412 g/mol. The average Bonchev–Trinajstić information content (AvgIpc) is 3.44. The van der Waals surface area contributed by atoms with Gasteiger partial charge in [0, 0.05) is 51.0 Å². The van der Waals surface area contributed by atoms with E-state index < -0.39 is 11.7 Å². The molecule has 0 radical (unpaired) electrons. The molecule has 4 fully saturated rings. The Bertz CT molecular complexity index is 780. The molecule has 1 aromatic rings. The van der Waals surface area contributed by atoms with Crippen LogP contribution in [0.1, 0.15) is 44.1 Å². The first-order valence-corrected chi connectivity index (χ1v) is 11.5. The highest BCUT2D eigenvalue weighted by Gasteiger charge is 2.49. The van der Waals surface area contributed by atoms with Gasteiger partial charge in [0.1, 0.15) is 11.7 Å². The molecule has 2 aliphatic heterocycles. The number of hydrogen-bond donors (Lipinski definition) is 1. The quantitative estimate of drug-likeness (QED) is 0.768. The number of nitrogens with one attached hydrogen (secondary N) is 1. The molecule has 4 aliphatic rings. The maximum absolute atomic E-state index is 13.0. The van der Waals surface area contributed by atoms with E-state index >= 15 is 0 Å². The zero-order chi connectivity index (χ0) is 20.6. The summed E-state index contributed by atoms with van der Waals surface area (Å²) in [5, 5.41) is 3.02. The van der Waals surface area contributed by atoms with Crippen molar-refractivity contribution in [3.63, 3.8) is 0 Å². The molecule has 7 heteroatoms. The van der Waals surface area contributed by atoms with E-state index in [1.807, 2.05) is 17.0 Å². The van der Waals surface area contributed by atoms with E-state index in [4.69, 9.17) is 4.74 Å². The third kappa shape index (κ3) is 4.37. The van der Waals surface area contributed by atoms with E-state index in [0.717, 1.165) is 50.4 Å². The lowest BCUT2D eigenvalue weighted by molar-refractivity contribution is -0.170. The van der Waals surface area contributed by atoms with Crippen molar-refractivity contribution in [1.82, 2.24) is 20.1 Å². The largest absolute Gasteiger partial charge is 0.357 e. The second-order valence-electron chi connectivity index (χ2n) is 9.64. The number of nitrogens with zero attached hydrogens (tertiary/aromatic N) is 3. The van der Waals surface area contributed by atoms with Crippen LogP contribution < -0.4 is 5.32 Å². The topological polar surface area (TPSA) is 74.8 Å². The highest BCUT2D eigenvalue weighted by atomic mass is 16.5. The number of hydrogen-bond acceptors (Lipinski definition) is 5. The number of morpholine rings is 1. The second-order valence-corrected chi connectivity index (χ2v) is 9.64. The van der Waals surface area contributed by atoms with E-state index in [9.17, 15) is 9.59 Å². The average molecular weight is 413 g/mol. The molecule has 0 aromatic carbocycles. The minimum absolute atomic E-state index is 0.0671. The fraction of sp³-hybridized carbons (Fsp3) is 0.696. The van der Waals surface area contributed by atoms with Crippen LogP contribution in [0.25, 0.3) is 0 Å². The van der Waals surface area contributed by atoms with E-state index in [0.29, 0.717) is 25.5 Å². The van der Waals surface area contributed by atoms with Gasteiger partial charge in [-0.3, -0.25) is 19.5 Å². The molecular formula is C23H32N4O3. The third-order valence-electron chi connectivity index (χ3n) is 7.11. The van der Waals surface area contributed by atoms with Crippen LogP contribution in [0.4, 0.5) is 0 Å². The molecule has 3 heterocycles. The summed E-state index contributed by atoms with van der Waals surface area (Å²) in [7, 11) is 0. The number of rotatable bonds is 6. The van der Waals surface area contributed by atoms with Gasteiger partial charge in [0.25, 0.3) is 5.91 Å². The summed E-state index contributed by atoms with van der Waals surface area (Å²) in [6.07, 6.45) is 9.61. The number of ether oxygens (including phenoxy) is 1. The Morgan fingerprint density at radius 3 is 2.80 bits per heavy atom. The molecule has 1 N–H and O–H groups in total. The zero-order valence-electron chi connectivity index (χ0n) is 17.6. The molecule has 0 unspecified atom stereocenters. The van der Waals surface area contributed by atoms with Crippen molar-refractivity contribution in [3.8, 4) is 0 Å². The Morgan fingerprint density at radius 1 is 1.23 bits per heavy atom. The lowest BCUT2D eigenvalue weighted by Gasteiger charge is -2.44. The van der Waals surface area contributed by atoms with E-state index in [1.165, 1.54) is 19.3 Å². The first-order chi connectivity index (χ1) is 14.6. The predicted octanol–water partition coefficient (Wildman–Crippen LogP) is 1.58. The summed E-state index contributed by atoms with van der Waals surface area (Å²) >= 11 is 0. The van der Waals surface area contributed by atoms with Crippen LogP contribution in [-0.2, 0) is 20.9 Å². The van der Waals surface area contributed by atoms with Gasteiger partial charge in [-0.15, -0.1) is 0 Å². The molecule has 7 nitrogen and oxygen atoms in total. The van der Waals surface area contributed by atoms with E-state index in [-0.39, 0.29) is 11.8 Å². The number of amides is 2. The molecule has 162 valence electrons. The van der Waals surface area contributed by atoms with Crippen LogP contribution in [0.15, 0.2) is 24.5 Å². The first-order valence-electron chi connectivity index (χ1n) is 11.5. The third-order valence-corrected chi connectivity index (χ3v) is 7.11. The molecule has 0 bridgehead atoms. The smallest absolute Gasteiger partial charge is 0.250 e. The number of likely N-dealkylation sites (tertiary alicyclic amines) is 1. The van der Waals surface area contributed by atoms with Crippen molar-refractivity contribution < 1.29 is 14.3 Å². The molecule has 1 aromatic heterocycles. The van der Waals surface area contributed by atoms with Crippen molar-refractivity contribution >= 4 is 11.8 Å². The summed E-state index contributed by atoms with van der Waals surface area (Å²) in [5.74, 6) is 1.19. The number of aromatic nitrogens is 1. The number of carbonyl (C=O) groups is 2. The minimum atomic E-state index is -0.493. The highest BCUT2D eigenvalue weighted by molar-refractivity contribution is 5.81. The van der Waals surface area contributed by atoms with Gasteiger partial charge in [0.05, 0.1) is 6.54 Å². The second kappa shape index (κ2) is 8.27. The molecule has 2 atom stereocenters. The minimum Gasteiger partial charge on any atom is -0.357 e. The number of carbonyl (C=O) groups excluding carboxylic acids is 2. The Kier molecular flexibility index (Phi) is 5.50. The summed E-state index contributed by atoms with van der Waals surface area (Å²) in [4.78, 5) is 34.3. The van der Waals surface area contributed by atoms with Crippen molar-refractivity contribution in [2.45, 2.75) is 56.8 Å². The lowest BCUT2D eigenvalue weighted by Crippen LogP contribution is -2.60. The number of pyridine rings is 1. The summed E-state index contributed by atoms with van der Waals surface area (Å²) in [5.41, 5.74) is 0.562. The zero-order valence-corrected chi connectivity index (χ0v) is 17.6. The van der Waals surface area contributed by atoms with Gasteiger partial charge in [-0.1, -0.05) is 12.5 Å². The fourth-order valence-electron chi connectivity index (χ4n) is 5.00. The molecule has 2 saturated carbocycles. The van der Waals surface area contributed by atoms with Crippen LogP contribution in [0.2, 0.25) is 0 Å². The van der Waals surface area contributed by atoms with Crippen LogP contribution in [-0.4, -0.2) is 71.0 Å². The van der Waals surface area contributed by atoms with Crippen LogP contribution in [0.5, 0.6) is 0 Å². The van der Waals surface area contributed by atoms with Crippen LogP contribution in [0.3, 0.4) is 0 Å². The summed E-state index contributed by atoms with van der Waals surface area (Å²) < 4.78 is 6.47. The van der Waals surface area contributed by atoms with Crippen molar-refractivity contribution in [1.29, 1.82) is 0 Å². The van der Waals surface area contributed by atoms with Gasteiger partial charge >= 0.3 is 0 Å². The summed E-state index contributed by atoms with van der Waals surface area (Å²) in [6, 6.07) is 3.83. The van der Waals surface area contributed by atoms with Gasteiger partial charge in [-0.25, -0.2) is 0 Å². The Balaban J connectivity index is 1.24. The lowest BCUT2D eigenvalue weighted by atomic mass is 9.84. The van der Waals surface area contributed by atoms with E-state index in [1.54, 1.807) is 12.4 Å². The Labute approximate surface area is 178 Å². The van der Waals surface area contributed by atoms with Gasteiger partial charge in [-0.05, 0) is 49.7 Å². The molecule has 2 amide bonds. The molecular weight excluding hydrogens is 380 g/mol. The highest BCUT2D eigenvalue weighted by Crippen LogP contribution is 2.37. The maximum atomic E-state index is 13.0. The molecule has 30 heavy (non-hydrogen) atoms. The predicted molar refractivity (Wildman–Crippen MR) is 111 cm³/mol. The van der Waals surface area contributed by atoms with Crippen molar-refractivity contribution in [2.24, 2.45) is 11.8 Å². The van der Waals surface area contributed by atoms with Gasteiger partial charge < -0.3 is 15.0 Å². The normalized spacial score (nSPS) is 29.7. The molecule has 5 rings (SSSR count). The standard InChI is InChI=1S/C23H32N4O3/c28-21(25-12-18-3-2-9-24-11-18)20-14-26(13-17-6-7-17)15-23(30-20)8-10-27(16-23)22(29)19-4-1-5-19/h2-3,9,11,17,19-20H,1,4-8,10,12-16H2,(H,25,28)/t20-,23+/m1/s1.